The normalized spacial score (nSPS) is 24.5. The molecular formula is C14H18N2O. The fourth-order valence-corrected chi connectivity index (χ4v) is 2.65. The molecule has 90 valence electrons. The van der Waals surface area contributed by atoms with Gasteiger partial charge in [0.15, 0.2) is 0 Å². The van der Waals surface area contributed by atoms with E-state index in [9.17, 15) is 0 Å². The summed E-state index contributed by atoms with van der Waals surface area (Å²) in [4.78, 5) is 0. The zero-order valence-electron chi connectivity index (χ0n) is 9.86. The van der Waals surface area contributed by atoms with Crippen molar-refractivity contribution in [3.05, 3.63) is 36.1 Å². The molecular weight excluding hydrogens is 212 g/mol. The lowest BCUT2D eigenvalue weighted by Crippen LogP contribution is -2.40. The molecule has 1 fully saturated rings. The predicted octanol–water partition coefficient (Wildman–Crippen LogP) is 2.40. The smallest absolute Gasteiger partial charge is 0.134 e. The van der Waals surface area contributed by atoms with Crippen molar-refractivity contribution >= 4 is 11.0 Å². The molecule has 0 saturated heterocycles. The Bertz CT molecular complexity index is 506. The van der Waals surface area contributed by atoms with Gasteiger partial charge in [-0.15, -0.1) is 0 Å². The largest absolute Gasteiger partial charge is 0.464 e. The molecule has 2 aromatic rings. The van der Waals surface area contributed by atoms with Gasteiger partial charge in [0.2, 0.25) is 0 Å². The first-order chi connectivity index (χ1) is 8.34. The quantitative estimate of drug-likeness (QED) is 0.851. The number of hydrogen-bond acceptors (Lipinski definition) is 3. The van der Waals surface area contributed by atoms with E-state index >= 15 is 0 Å². The number of nitrogens with two attached hydrogens (primary N) is 1. The summed E-state index contributed by atoms with van der Waals surface area (Å²) >= 11 is 0. The van der Waals surface area contributed by atoms with Crippen molar-refractivity contribution in [1.29, 1.82) is 0 Å². The lowest BCUT2D eigenvalue weighted by Gasteiger charge is -2.16. The van der Waals surface area contributed by atoms with Gasteiger partial charge >= 0.3 is 0 Å². The molecule has 0 spiro atoms. The van der Waals surface area contributed by atoms with Crippen LogP contribution in [0.3, 0.4) is 0 Å². The molecule has 3 nitrogen and oxygen atoms in total. The molecule has 17 heavy (non-hydrogen) atoms. The molecule has 0 aliphatic heterocycles. The van der Waals surface area contributed by atoms with Gasteiger partial charge in [0.1, 0.15) is 5.58 Å². The lowest BCUT2D eigenvalue weighted by molar-refractivity contribution is 0.474. The summed E-state index contributed by atoms with van der Waals surface area (Å²) in [6.45, 7) is 0.843. The maximum Gasteiger partial charge on any atom is 0.134 e. The molecule has 1 aliphatic rings. The molecule has 1 aliphatic carbocycles. The number of benzene rings is 1. The molecule has 3 N–H and O–H groups in total. The fourth-order valence-electron chi connectivity index (χ4n) is 2.65. The van der Waals surface area contributed by atoms with Gasteiger partial charge in [0.25, 0.3) is 0 Å². The molecule has 2 atom stereocenters. The highest BCUT2D eigenvalue weighted by atomic mass is 16.3. The van der Waals surface area contributed by atoms with E-state index in [1.807, 2.05) is 24.5 Å². The molecule has 0 radical (unpaired) electrons. The molecule has 3 rings (SSSR count). The maximum atomic E-state index is 6.05. The Morgan fingerprint density at radius 2 is 2.18 bits per heavy atom. The zero-order valence-corrected chi connectivity index (χ0v) is 9.86. The summed E-state index contributed by atoms with van der Waals surface area (Å²) in [6.07, 6.45) is 5.42. The van der Waals surface area contributed by atoms with Crippen LogP contribution in [0.25, 0.3) is 11.0 Å². The van der Waals surface area contributed by atoms with E-state index in [1.165, 1.54) is 23.8 Å². The summed E-state index contributed by atoms with van der Waals surface area (Å²) in [7, 11) is 0. The summed E-state index contributed by atoms with van der Waals surface area (Å²) < 4.78 is 5.52. The van der Waals surface area contributed by atoms with E-state index in [-0.39, 0.29) is 0 Å². The second-order valence-electron chi connectivity index (χ2n) is 4.84. The van der Waals surface area contributed by atoms with Crippen molar-refractivity contribution in [2.45, 2.75) is 37.9 Å². The van der Waals surface area contributed by atoms with E-state index in [0.717, 1.165) is 18.5 Å². The van der Waals surface area contributed by atoms with Crippen molar-refractivity contribution in [3.8, 4) is 0 Å². The second kappa shape index (κ2) is 4.51. The fraction of sp³-hybridized carbons (Fsp3) is 0.429. The third-order valence-corrected chi connectivity index (χ3v) is 3.69. The Balaban J connectivity index is 1.72. The molecule has 1 heterocycles. The van der Waals surface area contributed by atoms with E-state index < -0.39 is 0 Å². The van der Waals surface area contributed by atoms with Crippen molar-refractivity contribution in [2.24, 2.45) is 5.73 Å². The van der Waals surface area contributed by atoms with Crippen LogP contribution >= 0.6 is 0 Å². The highest BCUT2D eigenvalue weighted by Crippen LogP contribution is 2.22. The minimum atomic E-state index is 0.313. The van der Waals surface area contributed by atoms with Gasteiger partial charge in [-0.25, -0.2) is 0 Å². The molecule has 0 amide bonds. The van der Waals surface area contributed by atoms with Crippen LogP contribution in [-0.4, -0.2) is 12.1 Å². The Kier molecular flexibility index (Phi) is 2.87. The molecule has 3 heteroatoms. The number of rotatable bonds is 3. The third kappa shape index (κ3) is 2.08. The summed E-state index contributed by atoms with van der Waals surface area (Å²) in [5, 5.41) is 4.74. The minimum Gasteiger partial charge on any atom is -0.464 e. The first-order valence-electron chi connectivity index (χ1n) is 6.28. The summed E-state index contributed by atoms with van der Waals surface area (Å²) in [5.41, 5.74) is 8.23. The van der Waals surface area contributed by atoms with Crippen molar-refractivity contribution < 1.29 is 4.42 Å². The molecule has 1 saturated carbocycles. The Hall–Kier alpha value is -1.32. The number of para-hydroxylation sites is 1. The van der Waals surface area contributed by atoms with Crippen molar-refractivity contribution in [3.63, 3.8) is 0 Å². The summed E-state index contributed by atoms with van der Waals surface area (Å²) in [6, 6.07) is 8.92. The summed E-state index contributed by atoms with van der Waals surface area (Å²) in [5.74, 6) is 0. The van der Waals surface area contributed by atoms with E-state index in [2.05, 4.69) is 11.4 Å². The van der Waals surface area contributed by atoms with Gasteiger partial charge in [0.05, 0.1) is 6.26 Å². The van der Waals surface area contributed by atoms with Crippen LogP contribution in [0.2, 0.25) is 0 Å². The van der Waals surface area contributed by atoms with Gasteiger partial charge in [-0.1, -0.05) is 24.6 Å². The van der Waals surface area contributed by atoms with Crippen LogP contribution in [0.4, 0.5) is 0 Å². The topological polar surface area (TPSA) is 51.2 Å². The van der Waals surface area contributed by atoms with Gasteiger partial charge in [-0.3, -0.25) is 0 Å². The molecule has 1 aromatic heterocycles. The molecule has 0 bridgehead atoms. The van der Waals surface area contributed by atoms with Crippen LogP contribution in [0.5, 0.6) is 0 Å². The van der Waals surface area contributed by atoms with Gasteiger partial charge in [-0.05, 0) is 18.9 Å². The molecule has 2 unspecified atom stereocenters. The van der Waals surface area contributed by atoms with Gasteiger partial charge < -0.3 is 15.5 Å². The number of nitrogens with one attached hydrogen (secondary N) is 1. The van der Waals surface area contributed by atoms with E-state index in [4.69, 9.17) is 10.2 Å². The standard InChI is InChI=1S/C14H18N2O/c15-12-5-3-6-13(12)16-8-10-9-17-14-7-2-1-4-11(10)14/h1-2,4,7,9,12-13,16H,3,5-6,8,15H2. The van der Waals surface area contributed by atoms with Crippen LogP contribution in [-0.2, 0) is 6.54 Å². The minimum absolute atomic E-state index is 0.313. The average molecular weight is 230 g/mol. The Morgan fingerprint density at radius 1 is 1.29 bits per heavy atom. The zero-order chi connectivity index (χ0) is 11.7. The Morgan fingerprint density at radius 3 is 3.00 bits per heavy atom. The lowest BCUT2D eigenvalue weighted by atomic mass is 10.1. The van der Waals surface area contributed by atoms with E-state index in [1.54, 1.807) is 0 Å². The first kappa shape index (κ1) is 10.8. The third-order valence-electron chi connectivity index (χ3n) is 3.69. The van der Waals surface area contributed by atoms with Gasteiger partial charge in [0, 0.05) is 29.6 Å². The monoisotopic (exact) mass is 230 g/mol. The second-order valence-corrected chi connectivity index (χ2v) is 4.84. The van der Waals surface area contributed by atoms with Crippen LogP contribution in [0.1, 0.15) is 24.8 Å². The van der Waals surface area contributed by atoms with E-state index in [0.29, 0.717) is 12.1 Å². The van der Waals surface area contributed by atoms with Crippen molar-refractivity contribution in [1.82, 2.24) is 5.32 Å². The maximum absolute atomic E-state index is 6.05. The van der Waals surface area contributed by atoms with Crippen LogP contribution < -0.4 is 11.1 Å². The van der Waals surface area contributed by atoms with Crippen LogP contribution in [0, 0.1) is 0 Å². The highest BCUT2D eigenvalue weighted by Gasteiger charge is 2.23. The predicted molar refractivity (Wildman–Crippen MR) is 68.7 cm³/mol. The number of fused-ring (bicyclic) bond motifs is 1. The first-order valence-corrected chi connectivity index (χ1v) is 6.28. The number of furan rings is 1. The SMILES string of the molecule is NC1CCCC1NCc1coc2ccccc12. The van der Waals surface area contributed by atoms with Crippen molar-refractivity contribution in [2.75, 3.05) is 0 Å². The number of hydrogen-bond donors (Lipinski definition) is 2. The average Bonchev–Trinajstić information content (AvgIpc) is 2.93. The Labute approximate surface area is 101 Å². The van der Waals surface area contributed by atoms with Gasteiger partial charge in [-0.2, -0.15) is 0 Å². The van der Waals surface area contributed by atoms with Crippen LogP contribution in [0.15, 0.2) is 34.9 Å². The molecule has 1 aromatic carbocycles. The highest BCUT2D eigenvalue weighted by molar-refractivity contribution is 5.80.